The molecule has 0 aliphatic rings. The summed E-state index contributed by atoms with van der Waals surface area (Å²) in [7, 11) is 3.19. The molecule has 6 heteroatoms. The number of methoxy groups -OCH3 is 2. The number of carbonyl (C=O) groups excluding carboxylic acids is 1. The Morgan fingerprint density at radius 2 is 1.83 bits per heavy atom. The second-order valence-electron chi connectivity index (χ2n) is 5.32. The summed E-state index contributed by atoms with van der Waals surface area (Å²) in [6.45, 7) is 1.89. The first kappa shape index (κ1) is 18.4. The first-order chi connectivity index (χ1) is 11.4. The fourth-order valence-electron chi connectivity index (χ4n) is 2.38. The number of ether oxygens (including phenoxy) is 2. The number of carbonyl (C=O) groups is 1. The Balaban J connectivity index is 2.09. The Bertz CT molecular complexity index is 734. The van der Waals surface area contributed by atoms with E-state index in [9.17, 15) is 4.79 Å². The summed E-state index contributed by atoms with van der Waals surface area (Å²) in [5.74, 6) is 1.28. The minimum absolute atomic E-state index is 0.120. The molecule has 1 amide bonds. The average Bonchev–Trinajstić information content (AvgIpc) is 2.57. The van der Waals surface area contributed by atoms with E-state index in [1.807, 2.05) is 25.1 Å². The van der Waals surface area contributed by atoms with Gasteiger partial charge in [-0.05, 0) is 42.8 Å². The maximum Gasteiger partial charge on any atom is 0.224 e. The van der Waals surface area contributed by atoms with Crippen molar-refractivity contribution >= 4 is 29.1 Å². The topological polar surface area (TPSA) is 47.6 Å². The predicted molar refractivity (Wildman–Crippen MR) is 96.3 cm³/mol. The molecule has 0 fully saturated rings. The van der Waals surface area contributed by atoms with E-state index >= 15 is 0 Å². The molecule has 0 aromatic heterocycles. The maximum absolute atomic E-state index is 12.3. The second kappa shape index (κ2) is 8.27. The first-order valence-corrected chi connectivity index (χ1v) is 8.15. The van der Waals surface area contributed by atoms with Gasteiger partial charge in [0.05, 0.1) is 36.7 Å². The van der Waals surface area contributed by atoms with E-state index in [1.54, 1.807) is 32.4 Å². The van der Waals surface area contributed by atoms with Crippen LogP contribution < -0.4 is 14.8 Å². The van der Waals surface area contributed by atoms with Gasteiger partial charge in [0, 0.05) is 5.56 Å². The minimum atomic E-state index is -0.231. The van der Waals surface area contributed by atoms with E-state index in [4.69, 9.17) is 32.7 Å². The lowest BCUT2D eigenvalue weighted by Crippen LogP contribution is -2.28. The van der Waals surface area contributed by atoms with Crippen molar-refractivity contribution in [2.75, 3.05) is 14.2 Å². The monoisotopic (exact) mass is 367 g/mol. The highest BCUT2D eigenvalue weighted by Gasteiger charge is 2.15. The molecular weight excluding hydrogens is 349 g/mol. The van der Waals surface area contributed by atoms with Gasteiger partial charge in [0.25, 0.3) is 0 Å². The van der Waals surface area contributed by atoms with Crippen LogP contribution in [-0.2, 0) is 11.2 Å². The summed E-state index contributed by atoms with van der Waals surface area (Å²) in [6.07, 6.45) is 0.216. The molecule has 0 heterocycles. The SMILES string of the molecule is COc1ccc(OC)c(C(C)NC(=O)Cc2ccc(Cl)c(Cl)c2)c1. The number of benzene rings is 2. The lowest BCUT2D eigenvalue weighted by Gasteiger charge is -2.18. The molecule has 24 heavy (non-hydrogen) atoms. The van der Waals surface area contributed by atoms with Gasteiger partial charge in [-0.2, -0.15) is 0 Å². The number of amides is 1. The highest BCUT2D eigenvalue weighted by Crippen LogP contribution is 2.29. The van der Waals surface area contributed by atoms with E-state index in [0.717, 1.165) is 11.1 Å². The number of nitrogens with one attached hydrogen (secondary N) is 1. The van der Waals surface area contributed by atoms with E-state index in [2.05, 4.69) is 5.32 Å². The summed E-state index contributed by atoms with van der Waals surface area (Å²) >= 11 is 11.9. The summed E-state index contributed by atoms with van der Waals surface area (Å²) in [5.41, 5.74) is 1.64. The van der Waals surface area contributed by atoms with E-state index in [-0.39, 0.29) is 18.4 Å². The van der Waals surface area contributed by atoms with Gasteiger partial charge in [0.15, 0.2) is 0 Å². The number of hydrogen-bond acceptors (Lipinski definition) is 3. The van der Waals surface area contributed by atoms with Crippen molar-refractivity contribution in [1.82, 2.24) is 5.32 Å². The van der Waals surface area contributed by atoms with Crippen molar-refractivity contribution in [3.63, 3.8) is 0 Å². The largest absolute Gasteiger partial charge is 0.497 e. The van der Waals surface area contributed by atoms with Gasteiger partial charge in [-0.1, -0.05) is 29.3 Å². The fraction of sp³-hybridized carbons (Fsp3) is 0.278. The average molecular weight is 368 g/mol. The van der Waals surface area contributed by atoms with Crippen molar-refractivity contribution in [3.05, 3.63) is 57.6 Å². The third-order valence-electron chi connectivity index (χ3n) is 3.63. The van der Waals surface area contributed by atoms with Crippen LogP contribution in [0, 0.1) is 0 Å². The quantitative estimate of drug-likeness (QED) is 0.821. The molecule has 0 aliphatic heterocycles. The zero-order chi connectivity index (χ0) is 17.7. The van der Waals surface area contributed by atoms with Gasteiger partial charge >= 0.3 is 0 Å². The molecule has 128 valence electrons. The van der Waals surface area contributed by atoms with Crippen molar-refractivity contribution in [3.8, 4) is 11.5 Å². The van der Waals surface area contributed by atoms with Crippen LogP contribution in [0.1, 0.15) is 24.1 Å². The van der Waals surface area contributed by atoms with E-state index in [0.29, 0.717) is 21.5 Å². The fourth-order valence-corrected chi connectivity index (χ4v) is 2.70. The summed E-state index contributed by atoms with van der Waals surface area (Å²) in [6, 6.07) is 10.4. The van der Waals surface area contributed by atoms with Crippen molar-refractivity contribution in [2.24, 2.45) is 0 Å². The zero-order valence-corrected chi connectivity index (χ0v) is 15.2. The van der Waals surface area contributed by atoms with Crippen LogP contribution in [0.4, 0.5) is 0 Å². The number of rotatable bonds is 6. The van der Waals surface area contributed by atoms with Crippen LogP contribution in [0.5, 0.6) is 11.5 Å². The van der Waals surface area contributed by atoms with Gasteiger partial charge < -0.3 is 14.8 Å². The number of hydrogen-bond donors (Lipinski definition) is 1. The first-order valence-electron chi connectivity index (χ1n) is 7.39. The minimum Gasteiger partial charge on any atom is -0.497 e. The Morgan fingerprint density at radius 3 is 2.46 bits per heavy atom. The third-order valence-corrected chi connectivity index (χ3v) is 4.37. The van der Waals surface area contributed by atoms with Crippen molar-refractivity contribution in [1.29, 1.82) is 0 Å². The van der Waals surface area contributed by atoms with Crippen LogP contribution in [-0.4, -0.2) is 20.1 Å². The Kier molecular flexibility index (Phi) is 6.35. The highest BCUT2D eigenvalue weighted by molar-refractivity contribution is 6.42. The zero-order valence-electron chi connectivity index (χ0n) is 13.7. The van der Waals surface area contributed by atoms with Crippen LogP contribution in [0.15, 0.2) is 36.4 Å². The van der Waals surface area contributed by atoms with E-state index < -0.39 is 0 Å². The highest BCUT2D eigenvalue weighted by atomic mass is 35.5. The lowest BCUT2D eigenvalue weighted by atomic mass is 10.1. The number of halogens is 2. The summed E-state index contributed by atoms with van der Waals surface area (Å²) in [4.78, 5) is 12.3. The molecule has 2 aromatic rings. The molecule has 4 nitrogen and oxygen atoms in total. The standard InChI is InChI=1S/C18H19Cl2NO3/c1-11(14-10-13(23-2)5-7-17(14)24-3)21-18(22)9-12-4-6-15(19)16(20)8-12/h4-8,10-11H,9H2,1-3H3,(H,21,22). The molecule has 0 aliphatic carbocycles. The van der Waals surface area contributed by atoms with Crippen LogP contribution in [0.3, 0.4) is 0 Å². The molecule has 0 saturated carbocycles. The smallest absolute Gasteiger partial charge is 0.224 e. The maximum atomic E-state index is 12.3. The van der Waals surface area contributed by atoms with E-state index in [1.165, 1.54) is 0 Å². The molecule has 2 rings (SSSR count). The summed E-state index contributed by atoms with van der Waals surface area (Å²) in [5, 5.41) is 3.86. The molecule has 2 aromatic carbocycles. The van der Waals surface area contributed by atoms with Gasteiger partial charge in [-0.25, -0.2) is 0 Å². The molecular formula is C18H19Cl2NO3. The van der Waals surface area contributed by atoms with Gasteiger partial charge in [0.2, 0.25) is 5.91 Å². The molecule has 0 spiro atoms. The lowest BCUT2D eigenvalue weighted by molar-refractivity contribution is -0.121. The van der Waals surface area contributed by atoms with Crippen molar-refractivity contribution < 1.29 is 14.3 Å². The van der Waals surface area contributed by atoms with Crippen LogP contribution >= 0.6 is 23.2 Å². The van der Waals surface area contributed by atoms with Crippen LogP contribution in [0.25, 0.3) is 0 Å². The van der Waals surface area contributed by atoms with Gasteiger partial charge in [-0.15, -0.1) is 0 Å². The van der Waals surface area contributed by atoms with Crippen LogP contribution in [0.2, 0.25) is 10.0 Å². The molecule has 0 radical (unpaired) electrons. The Labute approximate surface area is 151 Å². The summed E-state index contributed by atoms with van der Waals surface area (Å²) < 4.78 is 10.6. The normalized spacial score (nSPS) is 11.7. The molecule has 1 atom stereocenters. The third kappa shape index (κ3) is 4.56. The molecule has 1 unspecified atom stereocenters. The molecule has 0 bridgehead atoms. The van der Waals surface area contributed by atoms with Gasteiger partial charge in [0.1, 0.15) is 11.5 Å². The van der Waals surface area contributed by atoms with Crippen molar-refractivity contribution in [2.45, 2.75) is 19.4 Å². The Morgan fingerprint density at radius 1 is 1.08 bits per heavy atom. The molecule has 0 saturated heterocycles. The predicted octanol–water partition coefficient (Wildman–Crippen LogP) is 4.43. The Hall–Kier alpha value is -1.91. The molecule has 1 N–H and O–H groups in total. The van der Waals surface area contributed by atoms with Gasteiger partial charge in [-0.3, -0.25) is 4.79 Å². The second-order valence-corrected chi connectivity index (χ2v) is 6.14.